The SMILES string of the molecule is CC(=N/OC(C)C)/C(=N/OC(C)C)n1ccnc1. The van der Waals surface area contributed by atoms with Gasteiger partial charge in [0.05, 0.1) is 0 Å². The largest absolute Gasteiger partial charge is 0.393 e. The van der Waals surface area contributed by atoms with Crippen LogP contribution in [0.15, 0.2) is 29.0 Å². The van der Waals surface area contributed by atoms with Crippen LogP contribution in [-0.4, -0.2) is 33.3 Å². The van der Waals surface area contributed by atoms with E-state index < -0.39 is 0 Å². The van der Waals surface area contributed by atoms with Crippen LogP contribution in [-0.2, 0) is 9.68 Å². The molecule has 6 nitrogen and oxygen atoms in total. The molecule has 0 saturated heterocycles. The van der Waals surface area contributed by atoms with Gasteiger partial charge in [0, 0.05) is 12.4 Å². The van der Waals surface area contributed by atoms with E-state index in [1.165, 1.54) is 0 Å². The molecule has 1 heterocycles. The molecule has 1 rings (SSSR count). The van der Waals surface area contributed by atoms with Gasteiger partial charge in [-0.2, -0.15) is 0 Å². The second-order valence-corrected chi connectivity index (χ2v) is 4.37. The zero-order chi connectivity index (χ0) is 13.5. The topological polar surface area (TPSA) is 61.0 Å². The Morgan fingerprint density at radius 2 is 1.72 bits per heavy atom. The van der Waals surface area contributed by atoms with E-state index in [2.05, 4.69) is 15.3 Å². The summed E-state index contributed by atoms with van der Waals surface area (Å²) in [6, 6.07) is 0. The predicted octanol–water partition coefficient (Wildman–Crippen LogP) is 2.27. The summed E-state index contributed by atoms with van der Waals surface area (Å²) in [6.45, 7) is 9.45. The van der Waals surface area contributed by atoms with E-state index in [0.29, 0.717) is 11.5 Å². The molecule has 0 aromatic carbocycles. The van der Waals surface area contributed by atoms with Gasteiger partial charge < -0.3 is 9.68 Å². The minimum absolute atomic E-state index is 0.00217. The molecule has 18 heavy (non-hydrogen) atoms. The molecule has 0 unspecified atom stereocenters. The van der Waals surface area contributed by atoms with Crippen molar-refractivity contribution in [3.05, 3.63) is 18.7 Å². The summed E-state index contributed by atoms with van der Waals surface area (Å²) in [4.78, 5) is 14.4. The number of nitrogens with zero attached hydrogens (tertiary/aromatic N) is 4. The van der Waals surface area contributed by atoms with Crippen LogP contribution in [0.5, 0.6) is 0 Å². The molecular weight excluding hydrogens is 232 g/mol. The lowest BCUT2D eigenvalue weighted by atomic mass is 10.4. The van der Waals surface area contributed by atoms with Gasteiger partial charge in [0.2, 0.25) is 5.84 Å². The smallest absolute Gasteiger partial charge is 0.202 e. The zero-order valence-electron chi connectivity index (χ0n) is 11.5. The van der Waals surface area contributed by atoms with Gasteiger partial charge in [-0.25, -0.2) is 4.98 Å². The van der Waals surface area contributed by atoms with Crippen molar-refractivity contribution in [3.8, 4) is 0 Å². The average Bonchev–Trinajstić information content (AvgIpc) is 2.79. The first-order valence-corrected chi connectivity index (χ1v) is 5.93. The van der Waals surface area contributed by atoms with Crippen LogP contribution in [0.2, 0.25) is 0 Å². The first kappa shape index (κ1) is 14.2. The lowest BCUT2D eigenvalue weighted by Gasteiger charge is -2.09. The Morgan fingerprint density at radius 1 is 1.11 bits per heavy atom. The molecule has 0 bridgehead atoms. The molecular formula is C12H20N4O2. The number of aromatic nitrogens is 2. The van der Waals surface area contributed by atoms with Gasteiger partial charge in [-0.3, -0.25) is 4.57 Å². The van der Waals surface area contributed by atoms with Crippen LogP contribution < -0.4 is 0 Å². The van der Waals surface area contributed by atoms with Crippen LogP contribution in [0.3, 0.4) is 0 Å². The predicted molar refractivity (Wildman–Crippen MR) is 70.6 cm³/mol. The number of rotatable bonds is 5. The Hall–Kier alpha value is -1.85. The van der Waals surface area contributed by atoms with Crippen molar-refractivity contribution in [2.75, 3.05) is 0 Å². The highest BCUT2D eigenvalue weighted by molar-refractivity contribution is 6.40. The number of hydrogen-bond donors (Lipinski definition) is 0. The van der Waals surface area contributed by atoms with Crippen LogP contribution in [0.1, 0.15) is 34.6 Å². The van der Waals surface area contributed by atoms with E-state index in [-0.39, 0.29) is 12.2 Å². The molecule has 0 spiro atoms. The van der Waals surface area contributed by atoms with E-state index in [4.69, 9.17) is 9.68 Å². The van der Waals surface area contributed by atoms with Gasteiger partial charge in [-0.1, -0.05) is 10.3 Å². The third kappa shape index (κ3) is 4.57. The Bertz CT molecular complexity index is 408. The van der Waals surface area contributed by atoms with Gasteiger partial charge in [-0.15, -0.1) is 0 Å². The van der Waals surface area contributed by atoms with E-state index in [1.807, 2.05) is 34.6 Å². The fourth-order valence-electron chi connectivity index (χ4n) is 1.07. The molecule has 0 saturated carbocycles. The van der Waals surface area contributed by atoms with Gasteiger partial charge in [-0.05, 0) is 34.6 Å². The van der Waals surface area contributed by atoms with Crippen molar-refractivity contribution in [1.82, 2.24) is 9.55 Å². The van der Waals surface area contributed by atoms with Crippen LogP contribution >= 0.6 is 0 Å². The summed E-state index contributed by atoms with van der Waals surface area (Å²) in [5.41, 5.74) is 0.627. The molecule has 0 aliphatic heterocycles. The van der Waals surface area contributed by atoms with Crippen molar-refractivity contribution < 1.29 is 9.68 Å². The molecule has 0 amide bonds. The second-order valence-electron chi connectivity index (χ2n) is 4.37. The third-order valence-electron chi connectivity index (χ3n) is 1.82. The summed E-state index contributed by atoms with van der Waals surface area (Å²) >= 11 is 0. The average molecular weight is 252 g/mol. The highest BCUT2D eigenvalue weighted by Gasteiger charge is 2.09. The molecule has 0 radical (unpaired) electrons. The molecule has 0 aliphatic rings. The van der Waals surface area contributed by atoms with Crippen molar-refractivity contribution in [1.29, 1.82) is 0 Å². The minimum atomic E-state index is 0.00217. The number of imidazole rings is 1. The van der Waals surface area contributed by atoms with Crippen LogP contribution in [0.25, 0.3) is 0 Å². The highest BCUT2D eigenvalue weighted by Crippen LogP contribution is 1.98. The first-order valence-electron chi connectivity index (χ1n) is 5.93. The summed E-state index contributed by atoms with van der Waals surface area (Å²) < 4.78 is 1.73. The zero-order valence-corrected chi connectivity index (χ0v) is 11.5. The van der Waals surface area contributed by atoms with Gasteiger partial charge in [0.25, 0.3) is 0 Å². The maximum absolute atomic E-state index is 5.26. The highest BCUT2D eigenvalue weighted by atomic mass is 16.6. The lowest BCUT2D eigenvalue weighted by molar-refractivity contribution is 0.0825. The van der Waals surface area contributed by atoms with E-state index >= 15 is 0 Å². The first-order chi connectivity index (χ1) is 8.50. The van der Waals surface area contributed by atoms with Crippen molar-refractivity contribution in [3.63, 3.8) is 0 Å². The van der Waals surface area contributed by atoms with Gasteiger partial charge >= 0.3 is 0 Å². The van der Waals surface area contributed by atoms with E-state index in [9.17, 15) is 0 Å². The molecule has 0 aliphatic carbocycles. The summed E-state index contributed by atoms with van der Waals surface area (Å²) in [6.07, 6.45) is 5.10. The molecule has 1 aromatic heterocycles. The molecule has 0 atom stereocenters. The fourth-order valence-corrected chi connectivity index (χ4v) is 1.07. The molecule has 0 fully saturated rings. The van der Waals surface area contributed by atoms with E-state index in [1.54, 1.807) is 23.3 Å². The quantitative estimate of drug-likeness (QED) is 0.459. The normalized spacial score (nSPS) is 13.3. The van der Waals surface area contributed by atoms with Gasteiger partial charge in [0.1, 0.15) is 24.2 Å². The fraction of sp³-hybridized carbons (Fsp3) is 0.583. The standard InChI is InChI=1S/C12H20N4O2/c1-9(2)17-14-11(5)12(15-18-10(3)4)16-7-6-13-8-16/h6-10H,1-5H3/b14-11-,15-12-. The maximum Gasteiger partial charge on any atom is 0.202 e. The maximum atomic E-state index is 5.26. The Morgan fingerprint density at radius 3 is 2.22 bits per heavy atom. The van der Waals surface area contributed by atoms with Crippen LogP contribution in [0, 0.1) is 0 Å². The molecule has 100 valence electrons. The molecule has 1 aromatic rings. The molecule has 0 N–H and O–H groups in total. The van der Waals surface area contributed by atoms with E-state index in [0.717, 1.165) is 0 Å². The van der Waals surface area contributed by atoms with Crippen LogP contribution in [0.4, 0.5) is 0 Å². The van der Waals surface area contributed by atoms with Crippen molar-refractivity contribution >= 4 is 11.5 Å². The van der Waals surface area contributed by atoms with Crippen molar-refractivity contribution in [2.24, 2.45) is 10.3 Å². The van der Waals surface area contributed by atoms with Gasteiger partial charge in [0.15, 0.2) is 0 Å². The summed E-state index contributed by atoms with van der Waals surface area (Å²) in [5, 5.41) is 8.09. The third-order valence-corrected chi connectivity index (χ3v) is 1.82. The minimum Gasteiger partial charge on any atom is -0.393 e. The summed E-state index contributed by atoms with van der Waals surface area (Å²) in [7, 11) is 0. The second kappa shape index (κ2) is 6.78. The Labute approximate surface area is 107 Å². The lowest BCUT2D eigenvalue weighted by Crippen LogP contribution is -2.21. The monoisotopic (exact) mass is 252 g/mol. The number of oxime groups is 2. The Kier molecular flexibility index (Phi) is 5.35. The number of hydrogen-bond acceptors (Lipinski definition) is 5. The Balaban J connectivity index is 2.91. The summed E-state index contributed by atoms with van der Waals surface area (Å²) in [5.74, 6) is 0.557. The van der Waals surface area contributed by atoms with Crippen molar-refractivity contribution in [2.45, 2.75) is 46.8 Å². The molecule has 6 heteroatoms.